The molecule has 3 amide bonds. The van der Waals surface area contributed by atoms with Gasteiger partial charge in [0.05, 0.1) is 36.8 Å². The fraction of sp³-hybridized carbons (Fsp3) is 0.237. The van der Waals surface area contributed by atoms with Crippen molar-refractivity contribution in [1.82, 2.24) is 5.32 Å². The Labute approximate surface area is 362 Å². The van der Waals surface area contributed by atoms with Crippen molar-refractivity contribution >= 4 is 119 Å². The summed E-state index contributed by atoms with van der Waals surface area (Å²) >= 11 is 31.6. The van der Waals surface area contributed by atoms with Crippen molar-refractivity contribution in [3.63, 3.8) is 0 Å². The van der Waals surface area contributed by atoms with Crippen LogP contribution in [0.3, 0.4) is 0 Å². The summed E-state index contributed by atoms with van der Waals surface area (Å²) in [6.45, 7) is 2.01. The fourth-order valence-electron chi connectivity index (χ4n) is 4.90. The largest absolute Gasteiger partial charge is 0.486 e. The highest BCUT2D eigenvalue weighted by Gasteiger charge is 2.20. The lowest BCUT2D eigenvalue weighted by Gasteiger charge is -2.15. The maximum atomic E-state index is 15.0. The third-order valence-electron chi connectivity index (χ3n) is 7.72. The molecule has 0 aliphatic rings. The minimum atomic E-state index is -1.02. The van der Waals surface area contributed by atoms with Crippen LogP contribution in [0, 0.1) is 11.6 Å². The molecule has 0 aliphatic carbocycles. The Bertz CT molecular complexity index is 2190. The van der Waals surface area contributed by atoms with Gasteiger partial charge in [-0.3, -0.25) is 19.2 Å². The standard InChI is InChI=1S/C38H31Br2Cl4F2N3O8/c1-3-30(50)48-28-13-22(41)9-20(34(28)45)16-55-36-24(39)11-19(12-25(36)40)38(54)47-15-33(53)57-32(52)6-5-18-7-26(43)37(27(44)8-18)56-17-21-10-23(42)14-29(35(21)46)49-31(51)4-2/h7-14H,3-6,15-17H2,1-2H3,(H,47,54)(H,48,50)(H,49,51). The van der Waals surface area contributed by atoms with Crippen LogP contribution in [0.4, 0.5) is 20.2 Å². The van der Waals surface area contributed by atoms with E-state index >= 15 is 4.39 Å². The van der Waals surface area contributed by atoms with Gasteiger partial charge in [0, 0.05) is 39.6 Å². The second kappa shape index (κ2) is 21.1. The minimum absolute atomic E-state index is 0.0388. The van der Waals surface area contributed by atoms with E-state index in [2.05, 4.69) is 47.8 Å². The number of esters is 2. The quantitative estimate of drug-likeness (QED) is 0.0742. The van der Waals surface area contributed by atoms with Gasteiger partial charge in [0.1, 0.15) is 25.5 Å². The van der Waals surface area contributed by atoms with Crippen molar-refractivity contribution in [2.24, 2.45) is 0 Å². The molecule has 0 unspecified atom stereocenters. The van der Waals surface area contributed by atoms with Gasteiger partial charge in [-0.25, -0.2) is 13.6 Å². The number of aryl methyl sites for hydroxylation is 1. The molecule has 0 fully saturated rings. The van der Waals surface area contributed by atoms with Gasteiger partial charge in [-0.2, -0.15) is 0 Å². The van der Waals surface area contributed by atoms with Crippen molar-refractivity contribution in [3.8, 4) is 11.5 Å². The molecule has 3 N–H and O–H groups in total. The highest BCUT2D eigenvalue weighted by Crippen LogP contribution is 2.37. The first-order valence-electron chi connectivity index (χ1n) is 16.8. The number of carbonyl (C=O) groups is 5. The molecular formula is C38H31Br2Cl4F2N3O8. The minimum Gasteiger partial charge on any atom is -0.486 e. The van der Waals surface area contributed by atoms with Crippen molar-refractivity contribution < 1.29 is 47.0 Å². The van der Waals surface area contributed by atoms with Gasteiger partial charge in [-0.15, -0.1) is 0 Å². The second-order valence-corrected chi connectivity index (χ2v) is 15.3. The van der Waals surface area contributed by atoms with Crippen LogP contribution in [0.2, 0.25) is 20.1 Å². The normalized spacial score (nSPS) is 10.8. The van der Waals surface area contributed by atoms with Crippen LogP contribution < -0.4 is 25.4 Å². The average Bonchev–Trinajstić information content (AvgIpc) is 3.15. The summed E-state index contributed by atoms with van der Waals surface area (Å²) in [5, 5.41) is 7.73. The topological polar surface area (TPSA) is 149 Å². The predicted molar refractivity (Wildman–Crippen MR) is 219 cm³/mol. The van der Waals surface area contributed by atoms with Crippen LogP contribution in [0.15, 0.2) is 57.5 Å². The Kier molecular flexibility index (Phi) is 17.0. The van der Waals surface area contributed by atoms with Crippen LogP contribution in [0.5, 0.6) is 11.5 Å². The van der Waals surface area contributed by atoms with E-state index in [-0.39, 0.29) is 98.6 Å². The van der Waals surface area contributed by atoms with E-state index in [4.69, 9.17) is 60.6 Å². The maximum Gasteiger partial charge on any atom is 0.333 e. The molecule has 302 valence electrons. The summed E-state index contributed by atoms with van der Waals surface area (Å²) < 4.78 is 46.9. The average molecular weight is 997 g/mol. The van der Waals surface area contributed by atoms with E-state index in [1.807, 2.05) is 0 Å². The molecule has 4 rings (SSSR count). The Morgan fingerprint density at radius 2 is 1.14 bits per heavy atom. The third kappa shape index (κ3) is 13.0. The van der Waals surface area contributed by atoms with Crippen molar-refractivity contribution in [3.05, 3.63) is 111 Å². The second-order valence-electron chi connectivity index (χ2n) is 11.9. The third-order valence-corrected chi connectivity index (χ3v) is 9.89. The molecular weight excluding hydrogens is 966 g/mol. The molecule has 0 aromatic heterocycles. The lowest BCUT2D eigenvalue weighted by Crippen LogP contribution is -2.31. The van der Waals surface area contributed by atoms with E-state index in [0.717, 1.165) is 0 Å². The Hall–Kier alpha value is -3.99. The molecule has 0 radical (unpaired) electrons. The van der Waals surface area contributed by atoms with E-state index < -0.39 is 47.8 Å². The van der Waals surface area contributed by atoms with E-state index in [0.29, 0.717) is 14.5 Å². The summed E-state index contributed by atoms with van der Waals surface area (Å²) in [5.41, 5.74) is 0.516. The Morgan fingerprint density at radius 1 is 0.667 bits per heavy atom. The predicted octanol–water partition coefficient (Wildman–Crippen LogP) is 10.4. The monoisotopic (exact) mass is 993 g/mol. The van der Waals surface area contributed by atoms with Crippen molar-refractivity contribution in [1.29, 1.82) is 0 Å². The molecule has 57 heavy (non-hydrogen) atoms. The molecule has 0 saturated heterocycles. The molecule has 0 aliphatic heterocycles. The molecule has 19 heteroatoms. The SMILES string of the molecule is CCC(=O)Nc1cc(Cl)cc(COc2c(Cl)cc(CCC(=O)OC(=O)CNC(=O)c3cc(Br)c(OCc4cc(Cl)cc(NC(=O)CC)c4F)c(Br)c3)cc2Cl)c1F. The van der Waals surface area contributed by atoms with Gasteiger partial charge < -0.3 is 30.2 Å². The van der Waals surface area contributed by atoms with Gasteiger partial charge in [-0.05, 0) is 92.4 Å². The molecule has 0 atom stereocenters. The lowest BCUT2D eigenvalue weighted by molar-refractivity contribution is -0.158. The molecule has 0 heterocycles. The summed E-state index contributed by atoms with van der Waals surface area (Å²) in [4.78, 5) is 61.1. The number of rotatable bonds is 16. The molecule has 0 saturated carbocycles. The molecule has 4 aromatic carbocycles. The summed E-state index contributed by atoms with van der Waals surface area (Å²) in [6.07, 6.45) is 0.0994. The fourth-order valence-corrected chi connectivity index (χ4v) is 7.44. The number of benzene rings is 4. The zero-order valence-corrected chi connectivity index (χ0v) is 36.1. The highest BCUT2D eigenvalue weighted by atomic mass is 79.9. The number of hydrogen-bond donors (Lipinski definition) is 3. The first kappa shape index (κ1) is 45.7. The lowest BCUT2D eigenvalue weighted by atomic mass is 10.1. The van der Waals surface area contributed by atoms with Crippen molar-refractivity contribution in [2.45, 2.75) is 52.7 Å². The van der Waals surface area contributed by atoms with Crippen LogP contribution in [-0.4, -0.2) is 36.2 Å². The van der Waals surface area contributed by atoms with Gasteiger partial charge in [0.25, 0.3) is 5.91 Å². The van der Waals surface area contributed by atoms with Gasteiger partial charge >= 0.3 is 11.9 Å². The Balaban J connectivity index is 1.27. The number of anilines is 2. The van der Waals surface area contributed by atoms with E-state index in [1.165, 1.54) is 48.5 Å². The van der Waals surface area contributed by atoms with Gasteiger partial charge in [0.2, 0.25) is 11.8 Å². The number of halogens is 8. The molecule has 0 spiro atoms. The molecule has 11 nitrogen and oxygen atoms in total. The van der Waals surface area contributed by atoms with Crippen LogP contribution in [0.25, 0.3) is 0 Å². The highest BCUT2D eigenvalue weighted by molar-refractivity contribution is 9.11. The van der Waals surface area contributed by atoms with E-state index in [9.17, 15) is 28.4 Å². The van der Waals surface area contributed by atoms with Crippen LogP contribution >= 0.6 is 78.3 Å². The first-order valence-corrected chi connectivity index (χ1v) is 19.9. The number of carbonyl (C=O) groups excluding carboxylic acids is 5. The number of nitrogens with one attached hydrogen (secondary N) is 3. The summed E-state index contributed by atoms with van der Waals surface area (Å²) in [7, 11) is 0. The first-order chi connectivity index (χ1) is 27.0. The molecule has 4 aromatic rings. The zero-order chi connectivity index (χ0) is 42.0. The molecule has 0 bridgehead atoms. The number of ether oxygens (including phenoxy) is 3. The van der Waals surface area contributed by atoms with E-state index in [1.54, 1.807) is 13.8 Å². The zero-order valence-electron chi connectivity index (χ0n) is 29.9. The number of amides is 3. The summed E-state index contributed by atoms with van der Waals surface area (Å²) in [6, 6.07) is 11.0. The van der Waals surface area contributed by atoms with Crippen LogP contribution in [0.1, 0.15) is 60.2 Å². The smallest absolute Gasteiger partial charge is 0.333 e. The van der Waals surface area contributed by atoms with Gasteiger partial charge in [-0.1, -0.05) is 60.3 Å². The van der Waals surface area contributed by atoms with Crippen LogP contribution in [-0.2, 0) is 43.5 Å². The van der Waals surface area contributed by atoms with Crippen molar-refractivity contribution in [2.75, 3.05) is 17.2 Å². The van der Waals surface area contributed by atoms with Gasteiger partial charge in [0.15, 0.2) is 17.4 Å². The summed E-state index contributed by atoms with van der Waals surface area (Å²) in [5.74, 6) is -4.57. The maximum absolute atomic E-state index is 15.0. The number of hydrogen-bond acceptors (Lipinski definition) is 8. The Morgan fingerprint density at radius 3 is 1.61 bits per heavy atom.